The third-order valence-corrected chi connectivity index (χ3v) is 3.13. The summed E-state index contributed by atoms with van der Waals surface area (Å²) in [5.41, 5.74) is 0.855. The Morgan fingerprint density at radius 1 is 1.13 bits per heavy atom. The third-order valence-electron chi connectivity index (χ3n) is 3.13. The minimum Gasteiger partial charge on any atom is -0.360 e. The van der Waals surface area contributed by atoms with E-state index in [9.17, 15) is 4.39 Å². The van der Waals surface area contributed by atoms with E-state index in [2.05, 4.69) is 30.6 Å². The minimum absolute atomic E-state index is 0.201. The van der Waals surface area contributed by atoms with Crippen LogP contribution in [0.2, 0.25) is 0 Å². The van der Waals surface area contributed by atoms with E-state index in [1.807, 2.05) is 36.9 Å². The van der Waals surface area contributed by atoms with E-state index in [1.54, 1.807) is 12.5 Å². The monoisotopic (exact) mass is 313 g/mol. The molecule has 0 aliphatic heterocycles. The Bertz CT molecular complexity index is 785. The summed E-state index contributed by atoms with van der Waals surface area (Å²) in [6, 6.07) is 3.50. The van der Waals surface area contributed by atoms with Gasteiger partial charge in [-0.2, -0.15) is 0 Å². The van der Waals surface area contributed by atoms with Crippen molar-refractivity contribution in [3.63, 3.8) is 0 Å². The van der Waals surface area contributed by atoms with E-state index in [-0.39, 0.29) is 6.04 Å². The van der Waals surface area contributed by atoms with Gasteiger partial charge in [-0.1, -0.05) is 0 Å². The molecule has 118 valence electrons. The van der Waals surface area contributed by atoms with Crippen molar-refractivity contribution in [1.82, 2.24) is 24.5 Å². The number of aryl methyl sites for hydroxylation is 1. The second-order valence-electron chi connectivity index (χ2n) is 5.10. The minimum atomic E-state index is -0.458. The highest BCUT2D eigenvalue weighted by Crippen LogP contribution is 2.20. The highest BCUT2D eigenvalue weighted by Gasteiger charge is 2.10. The third kappa shape index (κ3) is 3.79. The molecule has 0 unspecified atom stereocenters. The van der Waals surface area contributed by atoms with Gasteiger partial charge in [0, 0.05) is 31.2 Å². The van der Waals surface area contributed by atoms with Crippen molar-refractivity contribution in [2.45, 2.75) is 13.0 Å². The summed E-state index contributed by atoms with van der Waals surface area (Å²) in [4.78, 5) is 16.4. The molecule has 1 atom stereocenters. The smallest absolute Gasteiger partial charge is 0.159 e. The van der Waals surface area contributed by atoms with Crippen LogP contribution in [-0.2, 0) is 7.05 Å². The van der Waals surface area contributed by atoms with Crippen molar-refractivity contribution in [3.8, 4) is 0 Å². The van der Waals surface area contributed by atoms with Crippen molar-refractivity contribution in [2.75, 3.05) is 10.6 Å². The average molecular weight is 313 g/mol. The molecule has 0 spiro atoms. The van der Waals surface area contributed by atoms with Gasteiger partial charge in [0.2, 0.25) is 0 Å². The zero-order chi connectivity index (χ0) is 16.2. The Morgan fingerprint density at radius 2 is 1.91 bits per heavy atom. The fourth-order valence-corrected chi connectivity index (χ4v) is 2.04. The summed E-state index contributed by atoms with van der Waals surface area (Å²) >= 11 is 0. The summed E-state index contributed by atoms with van der Waals surface area (Å²) in [6.07, 6.45) is 7.57. The van der Waals surface area contributed by atoms with E-state index in [1.165, 1.54) is 0 Å². The number of nitrogens with zero attached hydrogens (tertiary/aromatic N) is 5. The summed E-state index contributed by atoms with van der Waals surface area (Å²) in [6.45, 7) is 1.88. The first kappa shape index (κ1) is 14.9. The van der Waals surface area contributed by atoms with Gasteiger partial charge in [-0.3, -0.25) is 0 Å². The van der Waals surface area contributed by atoms with Crippen molar-refractivity contribution in [3.05, 3.63) is 54.9 Å². The molecule has 3 rings (SSSR count). The SMILES string of the molecule is C[C@H](Nc1cc(Nc2cn(C)cn2)ccn1)c1ncc(F)cn1. The molecule has 0 amide bonds. The van der Waals surface area contributed by atoms with Crippen LogP contribution in [0.4, 0.5) is 21.7 Å². The number of hydrogen-bond acceptors (Lipinski definition) is 6. The summed E-state index contributed by atoms with van der Waals surface area (Å²) in [5, 5.41) is 6.38. The second kappa shape index (κ2) is 6.39. The average Bonchev–Trinajstić information content (AvgIpc) is 2.93. The summed E-state index contributed by atoms with van der Waals surface area (Å²) < 4.78 is 14.7. The maximum Gasteiger partial charge on any atom is 0.159 e. The number of halogens is 1. The van der Waals surface area contributed by atoms with E-state index < -0.39 is 5.82 Å². The van der Waals surface area contributed by atoms with Crippen LogP contribution < -0.4 is 10.6 Å². The van der Waals surface area contributed by atoms with Gasteiger partial charge in [0.1, 0.15) is 17.5 Å². The van der Waals surface area contributed by atoms with E-state index in [0.29, 0.717) is 11.6 Å². The molecule has 0 saturated heterocycles. The zero-order valence-corrected chi connectivity index (χ0v) is 12.7. The van der Waals surface area contributed by atoms with Gasteiger partial charge in [0.05, 0.1) is 24.8 Å². The molecular formula is C15H16FN7. The largest absolute Gasteiger partial charge is 0.360 e. The molecule has 0 radical (unpaired) electrons. The van der Waals surface area contributed by atoms with E-state index in [0.717, 1.165) is 23.9 Å². The van der Waals surface area contributed by atoms with Gasteiger partial charge in [-0.25, -0.2) is 24.3 Å². The van der Waals surface area contributed by atoms with Gasteiger partial charge >= 0.3 is 0 Å². The highest BCUT2D eigenvalue weighted by molar-refractivity contribution is 5.59. The van der Waals surface area contributed by atoms with Gasteiger partial charge in [-0.15, -0.1) is 0 Å². The van der Waals surface area contributed by atoms with Crippen molar-refractivity contribution in [2.24, 2.45) is 7.05 Å². The van der Waals surface area contributed by atoms with Crippen LogP contribution in [0.5, 0.6) is 0 Å². The first-order valence-corrected chi connectivity index (χ1v) is 7.05. The second-order valence-corrected chi connectivity index (χ2v) is 5.10. The molecule has 0 aliphatic carbocycles. The van der Waals surface area contributed by atoms with Gasteiger partial charge in [-0.05, 0) is 13.0 Å². The highest BCUT2D eigenvalue weighted by atomic mass is 19.1. The maximum absolute atomic E-state index is 12.9. The van der Waals surface area contributed by atoms with Crippen LogP contribution in [0.3, 0.4) is 0 Å². The van der Waals surface area contributed by atoms with Crippen molar-refractivity contribution >= 4 is 17.3 Å². The zero-order valence-electron chi connectivity index (χ0n) is 12.7. The summed E-state index contributed by atoms with van der Waals surface area (Å²) in [5.74, 6) is 1.45. The molecule has 7 nitrogen and oxygen atoms in total. The fraction of sp³-hybridized carbons (Fsp3) is 0.200. The number of hydrogen-bond donors (Lipinski definition) is 2. The standard InChI is InChI=1S/C15H16FN7/c1-10(15-18-6-11(16)7-19-15)21-13-5-12(3-4-17-13)22-14-8-23(2)9-20-14/h3-10H,1-2H3,(H2,17,21,22)/t10-/m0/s1. The number of pyridine rings is 1. The normalized spacial score (nSPS) is 12.0. The number of nitrogens with one attached hydrogen (secondary N) is 2. The van der Waals surface area contributed by atoms with Crippen LogP contribution in [-0.4, -0.2) is 24.5 Å². The molecule has 0 fully saturated rings. The van der Waals surface area contributed by atoms with Crippen LogP contribution in [0.15, 0.2) is 43.2 Å². The number of rotatable bonds is 5. The molecule has 8 heteroatoms. The lowest BCUT2D eigenvalue weighted by Crippen LogP contribution is -2.11. The molecule has 0 saturated carbocycles. The Morgan fingerprint density at radius 3 is 2.61 bits per heavy atom. The lowest BCUT2D eigenvalue weighted by Gasteiger charge is -2.13. The molecule has 3 aromatic heterocycles. The molecule has 0 aliphatic rings. The quantitative estimate of drug-likeness (QED) is 0.754. The molecule has 23 heavy (non-hydrogen) atoms. The Hall–Kier alpha value is -3.03. The van der Waals surface area contributed by atoms with Gasteiger partial charge < -0.3 is 15.2 Å². The predicted octanol–water partition coefficient (Wildman–Crippen LogP) is 2.66. The maximum atomic E-state index is 12.9. The van der Waals surface area contributed by atoms with Crippen LogP contribution in [0.25, 0.3) is 0 Å². The number of anilines is 3. The Balaban J connectivity index is 1.70. The number of imidazole rings is 1. The van der Waals surface area contributed by atoms with Crippen LogP contribution in [0.1, 0.15) is 18.8 Å². The van der Waals surface area contributed by atoms with Crippen molar-refractivity contribution < 1.29 is 4.39 Å². The molecular weight excluding hydrogens is 297 g/mol. The first-order valence-electron chi connectivity index (χ1n) is 7.05. The van der Waals surface area contributed by atoms with Crippen molar-refractivity contribution in [1.29, 1.82) is 0 Å². The molecule has 0 bridgehead atoms. The van der Waals surface area contributed by atoms with Crippen LogP contribution in [0, 0.1) is 5.82 Å². The molecule has 0 aromatic carbocycles. The molecule has 3 aromatic rings. The van der Waals surface area contributed by atoms with Gasteiger partial charge in [0.15, 0.2) is 5.82 Å². The first-order chi connectivity index (χ1) is 11.1. The number of aromatic nitrogens is 5. The predicted molar refractivity (Wildman–Crippen MR) is 84.8 cm³/mol. The Kier molecular flexibility index (Phi) is 4.13. The fourth-order valence-electron chi connectivity index (χ4n) is 2.04. The van der Waals surface area contributed by atoms with Gasteiger partial charge in [0.25, 0.3) is 0 Å². The Labute approximate surface area is 132 Å². The topological polar surface area (TPSA) is 80.5 Å². The lowest BCUT2D eigenvalue weighted by atomic mass is 10.3. The van der Waals surface area contributed by atoms with E-state index in [4.69, 9.17) is 0 Å². The summed E-state index contributed by atoms with van der Waals surface area (Å²) in [7, 11) is 1.90. The lowest BCUT2D eigenvalue weighted by molar-refractivity contribution is 0.604. The van der Waals surface area contributed by atoms with Crippen LogP contribution >= 0.6 is 0 Å². The molecule has 3 heterocycles. The van der Waals surface area contributed by atoms with E-state index >= 15 is 0 Å². The molecule has 2 N–H and O–H groups in total.